The summed E-state index contributed by atoms with van der Waals surface area (Å²) < 4.78 is 21.3. The van der Waals surface area contributed by atoms with Gasteiger partial charge < -0.3 is 18.7 Å². The van der Waals surface area contributed by atoms with Gasteiger partial charge in [0.2, 0.25) is 5.89 Å². The first-order valence-corrected chi connectivity index (χ1v) is 9.60. The van der Waals surface area contributed by atoms with E-state index in [1.54, 1.807) is 0 Å². The van der Waals surface area contributed by atoms with Crippen LogP contribution in [0.4, 0.5) is 0 Å². The lowest BCUT2D eigenvalue weighted by atomic mass is 9.86. The zero-order valence-corrected chi connectivity index (χ0v) is 16.3. The van der Waals surface area contributed by atoms with E-state index >= 15 is 0 Å². The van der Waals surface area contributed by atoms with Crippen LogP contribution in [-0.2, 0) is 31.8 Å². The van der Waals surface area contributed by atoms with Gasteiger partial charge >= 0.3 is 5.97 Å². The van der Waals surface area contributed by atoms with E-state index < -0.39 is 0 Å². The van der Waals surface area contributed by atoms with Gasteiger partial charge in [-0.2, -0.15) is 4.98 Å². The SMILES string of the molecule is COC(=O)CC(C)(C)Cc1nc(CCCCCOC2CCCCO2)no1. The molecule has 1 atom stereocenters. The Labute approximate surface area is 155 Å². The molecule has 7 nitrogen and oxygen atoms in total. The maximum absolute atomic E-state index is 11.4. The van der Waals surface area contributed by atoms with Crippen LogP contribution in [0.5, 0.6) is 0 Å². The van der Waals surface area contributed by atoms with Crippen LogP contribution in [0.3, 0.4) is 0 Å². The number of methoxy groups -OCH3 is 1. The molecule has 1 fully saturated rings. The maximum Gasteiger partial charge on any atom is 0.306 e. The van der Waals surface area contributed by atoms with Gasteiger partial charge in [0.25, 0.3) is 0 Å². The zero-order chi connectivity index (χ0) is 18.8. The summed E-state index contributed by atoms with van der Waals surface area (Å²) in [6, 6.07) is 0. The lowest BCUT2D eigenvalue weighted by Gasteiger charge is -2.22. The van der Waals surface area contributed by atoms with Crippen molar-refractivity contribution >= 4 is 5.97 Å². The van der Waals surface area contributed by atoms with E-state index in [-0.39, 0.29) is 17.7 Å². The van der Waals surface area contributed by atoms with Gasteiger partial charge in [-0.15, -0.1) is 0 Å². The number of hydrogen-bond acceptors (Lipinski definition) is 7. The first-order chi connectivity index (χ1) is 12.5. The largest absolute Gasteiger partial charge is 0.469 e. The van der Waals surface area contributed by atoms with Crippen molar-refractivity contribution in [2.45, 2.75) is 77.9 Å². The third kappa shape index (κ3) is 7.83. The lowest BCUT2D eigenvalue weighted by molar-refractivity contribution is -0.162. The Morgan fingerprint density at radius 1 is 1.27 bits per heavy atom. The fraction of sp³-hybridized carbons (Fsp3) is 0.842. The van der Waals surface area contributed by atoms with Crippen LogP contribution in [0.15, 0.2) is 4.52 Å². The second kappa shape index (κ2) is 10.6. The van der Waals surface area contributed by atoms with E-state index in [9.17, 15) is 4.79 Å². The van der Waals surface area contributed by atoms with E-state index in [1.807, 2.05) is 13.8 Å². The van der Waals surface area contributed by atoms with Gasteiger partial charge in [-0.25, -0.2) is 0 Å². The Hall–Kier alpha value is -1.47. The summed E-state index contributed by atoms with van der Waals surface area (Å²) in [5.74, 6) is 1.08. The fourth-order valence-corrected chi connectivity index (χ4v) is 3.02. The van der Waals surface area contributed by atoms with Crippen LogP contribution in [0.2, 0.25) is 0 Å². The van der Waals surface area contributed by atoms with E-state index in [4.69, 9.17) is 18.7 Å². The molecule has 7 heteroatoms. The summed E-state index contributed by atoms with van der Waals surface area (Å²) in [7, 11) is 1.40. The zero-order valence-electron chi connectivity index (χ0n) is 16.3. The first-order valence-electron chi connectivity index (χ1n) is 9.60. The normalized spacial score (nSPS) is 18.0. The average Bonchev–Trinajstić information content (AvgIpc) is 3.04. The number of carbonyl (C=O) groups is 1. The molecule has 2 rings (SSSR count). The summed E-state index contributed by atoms with van der Waals surface area (Å²) in [6.45, 7) is 5.54. The molecule has 0 radical (unpaired) electrons. The number of aryl methyl sites for hydroxylation is 1. The van der Waals surface area contributed by atoms with Gasteiger partial charge in [-0.3, -0.25) is 4.79 Å². The Morgan fingerprint density at radius 2 is 2.12 bits per heavy atom. The summed E-state index contributed by atoms with van der Waals surface area (Å²) in [5.41, 5.74) is -0.268. The standard InChI is InChI=1S/C19H32N2O5/c1-19(2,14-17(22)23-3)13-16-20-15(21-26-16)9-5-4-7-11-24-18-10-6-8-12-25-18/h18H,4-14H2,1-3H3. The molecule has 26 heavy (non-hydrogen) atoms. The number of nitrogens with zero attached hydrogens (tertiary/aromatic N) is 2. The van der Waals surface area contributed by atoms with E-state index in [0.717, 1.165) is 57.6 Å². The molecule has 148 valence electrons. The van der Waals surface area contributed by atoms with Crippen molar-refractivity contribution in [1.82, 2.24) is 10.1 Å². The van der Waals surface area contributed by atoms with Crippen LogP contribution in [-0.4, -0.2) is 42.7 Å². The molecule has 0 aromatic carbocycles. The molecule has 1 saturated heterocycles. The molecule has 1 unspecified atom stereocenters. The third-order valence-electron chi connectivity index (χ3n) is 4.48. The molecule has 0 N–H and O–H groups in total. The molecule has 1 aromatic rings. The third-order valence-corrected chi connectivity index (χ3v) is 4.48. The molecule has 1 aliphatic heterocycles. The molecule has 0 amide bonds. The van der Waals surface area contributed by atoms with Gasteiger partial charge in [0.05, 0.1) is 13.5 Å². The number of hydrogen-bond donors (Lipinski definition) is 0. The molecular formula is C19H32N2O5. The Kier molecular flexibility index (Phi) is 8.51. The highest BCUT2D eigenvalue weighted by Gasteiger charge is 2.26. The van der Waals surface area contributed by atoms with Crippen molar-refractivity contribution in [2.24, 2.45) is 5.41 Å². The monoisotopic (exact) mass is 368 g/mol. The number of ether oxygens (including phenoxy) is 3. The Morgan fingerprint density at radius 3 is 2.85 bits per heavy atom. The van der Waals surface area contributed by atoms with E-state index in [1.165, 1.54) is 13.5 Å². The van der Waals surface area contributed by atoms with Gasteiger partial charge in [-0.1, -0.05) is 25.4 Å². The van der Waals surface area contributed by atoms with E-state index in [0.29, 0.717) is 18.7 Å². The minimum Gasteiger partial charge on any atom is -0.469 e. The smallest absolute Gasteiger partial charge is 0.306 e. The number of unbranched alkanes of at least 4 members (excludes halogenated alkanes) is 2. The topological polar surface area (TPSA) is 83.7 Å². The molecule has 0 aliphatic carbocycles. The predicted molar refractivity (Wildman–Crippen MR) is 95.5 cm³/mol. The second-order valence-electron chi connectivity index (χ2n) is 7.68. The van der Waals surface area contributed by atoms with Crippen molar-refractivity contribution in [2.75, 3.05) is 20.3 Å². The fourth-order valence-electron chi connectivity index (χ4n) is 3.02. The maximum atomic E-state index is 11.4. The molecular weight excluding hydrogens is 336 g/mol. The minimum atomic E-state index is -0.268. The van der Waals surface area contributed by atoms with Gasteiger partial charge in [0, 0.05) is 26.1 Å². The minimum absolute atomic E-state index is 0.00291. The van der Waals surface area contributed by atoms with Crippen molar-refractivity contribution in [3.05, 3.63) is 11.7 Å². The Bertz CT molecular complexity index is 538. The molecule has 0 saturated carbocycles. The van der Waals surface area contributed by atoms with Crippen LogP contribution in [0.1, 0.15) is 70.5 Å². The molecule has 0 bridgehead atoms. The van der Waals surface area contributed by atoms with Crippen molar-refractivity contribution in [3.63, 3.8) is 0 Å². The highest BCUT2D eigenvalue weighted by Crippen LogP contribution is 2.25. The number of esters is 1. The van der Waals surface area contributed by atoms with Crippen LogP contribution in [0, 0.1) is 5.41 Å². The first kappa shape index (κ1) is 20.8. The molecule has 0 spiro atoms. The van der Waals surface area contributed by atoms with Crippen LogP contribution >= 0.6 is 0 Å². The summed E-state index contributed by atoms with van der Waals surface area (Å²) in [6.07, 6.45) is 8.10. The highest BCUT2D eigenvalue weighted by molar-refractivity contribution is 5.69. The van der Waals surface area contributed by atoms with Crippen molar-refractivity contribution < 1.29 is 23.5 Å². The highest BCUT2D eigenvalue weighted by atomic mass is 16.7. The van der Waals surface area contributed by atoms with Crippen molar-refractivity contribution in [1.29, 1.82) is 0 Å². The summed E-state index contributed by atoms with van der Waals surface area (Å²) >= 11 is 0. The van der Waals surface area contributed by atoms with Gasteiger partial charge in [-0.05, 0) is 37.5 Å². The number of carbonyl (C=O) groups excluding carboxylic acids is 1. The summed E-state index contributed by atoms with van der Waals surface area (Å²) in [5, 5.41) is 4.04. The lowest BCUT2D eigenvalue weighted by Crippen LogP contribution is -2.22. The molecule has 2 heterocycles. The summed E-state index contributed by atoms with van der Waals surface area (Å²) in [4.78, 5) is 15.9. The Balaban J connectivity index is 1.59. The van der Waals surface area contributed by atoms with Gasteiger partial charge in [0.15, 0.2) is 12.1 Å². The number of aromatic nitrogens is 2. The number of rotatable bonds is 11. The predicted octanol–water partition coefficient (Wildman–Crippen LogP) is 3.46. The average molecular weight is 368 g/mol. The molecule has 1 aliphatic rings. The van der Waals surface area contributed by atoms with Crippen LogP contribution < -0.4 is 0 Å². The van der Waals surface area contributed by atoms with Crippen molar-refractivity contribution in [3.8, 4) is 0 Å². The van der Waals surface area contributed by atoms with E-state index in [2.05, 4.69) is 10.1 Å². The van der Waals surface area contributed by atoms with Crippen LogP contribution in [0.25, 0.3) is 0 Å². The quantitative estimate of drug-likeness (QED) is 0.437. The second-order valence-corrected chi connectivity index (χ2v) is 7.68. The molecule has 1 aromatic heterocycles. The van der Waals surface area contributed by atoms with Gasteiger partial charge in [0.1, 0.15) is 0 Å².